The Bertz CT molecular complexity index is 1680. The Balaban J connectivity index is 1.84. The highest BCUT2D eigenvalue weighted by atomic mass is 35.5. The van der Waals surface area contributed by atoms with Crippen molar-refractivity contribution in [2.45, 2.75) is 0 Å². The standard InChI is InChI=1S/C27H21ClN4O2Si/c1-4-18-6-5-7-19(14-18)22-15-25(33)32(3)23-12-13-24(30-27(22)23)35(34,26-16-29-17-31(26)2)21-10-8-20(28)9-11-21/h1,5-17,34H,2-3H3/t35-/m1/s1. The molecule has 0 saturated heterocycles. The van der Waals surface area contributed by atoms with E-state index in [-0.39, 0.29) is 5.56 Å². The Labute approximate surface area is 208 Å². The van der Waals surface area contributed by atoms with Crippen LogP contribution in [0.5, 0.6) is 0 Å². The van der Waals surface area contributed by atoms with Crippen molar-refractivity contribution in [3.63, 3.8) is 0 Å². The lowest BCUT2D eigenvalue weighted by molar-refractivity contribution is 0.578. The second-order valence-corrected chi connectivity index (χ2v) is 11.8. The topological polar surface area (TPSA) is 72.9 Å². The fourth-order valence-corrected chi connectivity index (χ4v) is 7.41. The van der Waals surface area contributed by atoms with Gasteiger partial charge in [-0.15, -0.1) is 6.42 Å². The summed E-state index contributed by atoms with van der Waals surface area (Å²) in [5.41, 5.74) is 3.23. The maximum atomic E-state index is 12.8. The van der Waals surface area contributed by atoms with Gasteiger partial charge in [0.25, 0.3) is 5.56 Å². The molecule has 0 aliphatic heterocycles. The number of pyridine rings is 2. The fraction of sp³-hybridized carbons (Fsp3) is 0.0741. The van der Waals surface area contributed by atoms with Crippen LogP contribution in [-0.4, -0.2) is 32.2 Å². The third-order valence-corrected chi connectivity index (χ3v) is 9.91. The zero-order valence-electron chi connectivity index (χ0n) is 19.1. The molecule has 35 heavy (non-hydrogen) atoms. The quantitative estimate of drug-likeness (QED) is 0.305. The summed E-state index contributed by atoms with van der Waals surface area (Å²) >= 11 is 6.14. The molecule has 0 radical (unpaired) electrons. The normalized spacial score (nSPS) is 12.9. The Kier molecular flexibility index (Phi) is 5.65. The van der Waals surface area contributed by atoms with Gasteiger partial charge < -0.3 is 13.9 Å². The number of rotatable bonds is 4. The summed E-state index contributed by atoms with van der Waals surface area (Å²) in [5, 5.41) is 2.49. The highest BCUT2D eigenvalue weighted by Crippen LogP contribution is 2.26. The number of terminal acetylenes is 1. The van der Waals surface area contributed by atoms with E-state index in [1.807, 2.05) is 54.1 Å². The van der Waals surface area contributed by atoms with E-state index in [4.69, 9.17) is 23.0 Å². The Hall–Kier alpha value is -3.96. The molecule has 8 heteroatoms. The van der Waals surface area contributed by atoms with Gasteiger partial charge in [-0.1, -0.05) is 41.8 Å². The predicted octanol–water partition coefficient (Wildman–Crippen LogP) is 1.93. The molecule has 0 aliphatic carbocycles. The SMILES string of the molecule is C#Cc1cccc(-c2cc(=O)n(C)c3ccc([Si@](O)(c4ccc(Cl)cc4)c4cncn4C)nc23)c1. The van der Waals surface area contributed by atoms with Gasteiger partial charge in [0, 0.05) is 42.5 Å². The van der Waals surface area contributed by atoms with Crippen LogP contribution in [0.25, 0.3) is 22.2 Å². The van der Waals surface area contributed by atoms with Gasteiger partial charge in [-0.05, 0) is 47.1 Å². The van der Waals surface area contributed by atoms with Crippen molar-refractivity contribution in [1.82, 2.24) is 19.1 Å². The van der Waals surface area contributed by atoms with Crippen molar-refractivity contribution in [2.75, 3.05) is 0 Å². The number of aryl methyl sites for hydroxylation is 2. The predicted molar refractivity (Wildman–Crippen MR) is 142 cm³/mol. The molecule has 5 aromatic rings. The maximum absolute atomic E-state index is 12.8. The number of nitrogens with zero attached hydrogens (tertiary/aromatic N) is 4. The maximum Gasteiger partial charge on any atom is 0.322 e. The summed E-state index contributed by atoms with van der Waals surface area (Å²) in [4.78, 5) is 34.4. The third kappa shape index (κ3) is 3.78. The van der Waals surface area contributed by atoms with E-state index >= 15 is 0 Å². The van der Waals surface area contributed by atoms with Crippen molar-refractivity contribution >= 4 is 46.8 Å². The van der Waals surface area contributed by atoms with Crippen molar-refractivity contribution in [3.05, 3.63) is 100 Å². The first-order valence-electron chi connectivity index (χ1n) is 10.9. The summed E-state index contributed by atoms with van der Waals surface area (Å²) < 4.78 is 3.36. The molecule has 0 unspecified atom stereocenters. The van der Waals surface area contributed by atoms with Gasteiger partial charge in [0.05, 0.1) is 28.0 Å². The van der Waals surface area contributed by atoms with E-state index in [0.29, 0.717) is 37.8 Å². The molecular formula is C27H21ClN4O2Si. The molecule has 0 fully saturated rings. The Morgan fingerprint density at radius 1 is 1.06 bits per heavy atom. The van der Waals surface area contributed by atoms with Crippen LogP contribution in [0.2, 0.25) is 5.02 Å². The van der Waals surface area contributed by atoms with Crippen molar-refractivity contribution in [2.24, 2.45) is 14.1 Å². The van der Waals surface area contributed by atoms with Crippen LogP contribution >= 0.6 is 11.6 Å². The summed E-state index contributed by atoms with van der Waals surface area (Å²) in [6, 6.07) is 19.8. The van der Waals surface area contributed by atoms with E-state index in [1.54, 1.807) is 48.4 Å². The number of halogens is 1. The van der Waals surface area contributed by atoms with Gasteiger partial charge in [-0.3, -0.25) is 9.78 Å². The average molecular weight is 497 g/mol. The van der Waals surface area contributed by atoms with Gasteiger partial charge in [0.15, 0.2) is 0 Å². The molecule has 0 amide bonds. The van der Waals surface area contributed by atoms with Gasteiger partial charge in [-0.25, -0.2) is 4.98 Å². The zero-order valence-corrected chi connectivity index (χ0v) is 20.9. The lowest BCUT2D eigenvalue weighted by Gasteiger charge is -2.26. The molecule has 6 nitrogen and oxygen atoms in total. The van der Waals surface area contributed by atoms with Crippen molar-refractivity contribution < 1.29 is 4.80 Å². The minimum atomic E-state index is -3.57. The number of aromatic nitrogens is 4. The smallest absolute Gasteiger partial charge is 0.322 e. The number of hydrogen-bond donors (Lipinski definition) is 1. The molecule has 1 atom stereocenters. The second kappa shape index (κ2) is 8.67. The molecule has 3 heterocycles. The monoisotopic (exact) mass is 496 g/mol. The lowest BCUT2D eigenvalue weighted by atomic mass is 10.0. The van der Waals surface area contributed by atoms with Crippen LogP contribution in [0.15, 0.2) is 84.0 Å². The number of benzene rings is 2. The summed E-state index contributed by atoms with van der Waals surface area (Å²) in [5.74, 6) is 2.64. The largest absolute Gasteiger partial charge is 0.419 e. The first-order chi connectivity index (χ1) is 16.8. The van der Waals surface area contributed by atoms with Crippen LogP contribution in [0.4, 0.5) is 0 Å². The summed E-state index contributed by atoms with van der Waals surface area (Å²) in [7, 11) is -0.0210. The van der Waals surface area contributed by atoms with Gasteiger partial charge >= 0.3 is 8.32 Å². The molecule has 0 aliphatic rings. The van der Waals surface area contributed by atoms with Gasteiger partial charge in [0.2, 0.25) is 0 Å². The van der Waals surface area contributed by atoms with Crippen molar-refractivity contribution in [3.8, 4) is 23.5 Å². The molecule has 5 rings (SSSR count). The molecule has 172 valence electrons. The van der Waals surface area contributed by atoms with E-state index in [9.17, 15) is 9.59 Å². The zero-order chi connectivity index (χ0) is 24.7. The van der Waals surface area contributed by atoms with Crippen molar-refractivity contribution in [1.29, 1.82) is 0 Å². The summed E-state index contributed by atoms with van der Waals surface area (Å²) in [6.45, 7) is 0. The average Bonchev–Trinajstić information content (AvgIpc) is 3.32. The first kappa shape index (κ1) is 22.8. The molecule has 2 aromatic carbocycles. The van der Waals surface area contributed by atoms with Crippen LogP contribution in [0.1, 0.15) is 5.56 Å². The molecule has 3 aromatic heterocycles. The number of hydrogen-bond acceptors (Lipinski definition) is 4. The number of imidazole rings is 1. The van der Waals surface area contributed by atoms with Gasteiger partial charge in [-0.2, -0.15) is 0 Å². The molecule has 0 bridgehead atoms. The fourth-order valence-electron chi connectivity index (χ4n) is 4.35. The van der Waals surface area contributed by atoms with Crippen LogP contribution in [0.3, 0.4) is 0 Å². The summed E-state index contributed by atoms with van der Waals surface area (Å²) in [6.07, 6.45) is 8.94. The number of fused-ring (bicyclic) bond motifs is 1. The minimum Gasteiger partial charge on any atom is -0.419 e. The van der Waals surface area contributed by atoms with E-state index in [2.05, 4.69) is 10.9 Å². The minimum absolute atomic E-state index is 0.162. The lowest BCUT2D eigenvalue weighted by Crippen LogP contribution is -2.70. The Morgan fingerprint density at radius 3 is 2.51 bits per heavy atom. The van der Waals surface area contributed by atoms with E-state index in [0.717, 1.165) is 10.8 Å². The highest BCUT2D eigenvalue weighted by molar-refractivity contribution is 7.05. The first-order valence-corrected chi connectivity index (χ1v) is 13.2. The molecular weight excluding hydrogens is 476 g/mol. The molecule has 0 spiro atoms. The van der Waals surface area contributed by atoms with Crippen LogP contribution in [-0.2, 0) is 14.1 Å². The van der Waals surface area contributed by atoms with E-state index < -0.39 is 8.32 Å². The van der Waals surface area contributed by atoms with Crippen LogP contribution < -0.4 is 21.4 Å². The molecule has 1 N–H and O–H groups in total. The Morgan fingerprint density at radius 2 is 1.83 bits per heavy atom. The third-order valence-electron chi connectivity index (χ3n) is 6.25. The highest BCUT2D eigenvalue weighted by Gasteiger charge is 2.42. The second-order valence-electron chi connectivity index (χ2n) is 8.35. The van der Waals surface area contributed by atoms with Gasteiger partial charge in [0.1, 0.15) is 0 Å². The molecule has 0 saturated carbocycles. The van der Waals surface area contributed by atoms with E-state index in [1.165, 1.54) is 0 Å². The van der Waals surface area contributed by atoms with Crippen LogP contribution in [0, 0.1) is 12.3 Å².